The minimum Gasteiger partial charge on any atom is -0.341 e. The molecule has 0 aliphatic carbocycles. The highest BCUT2D eigenvalue weighted by atomic mass is 32.2. The maximum absolute atomic E-state index is 4.62. The molecule has 3 heterocycles. The minimum absolute atomic E-state index is 0.721. The van der Waals surface area contributed by atoms with E-state index in [2.05, 4.69) is 42.8 Å². The Labute approximate surface area is 141 Å². The molecule has 5 aromatic rings. The molecule has 0 radical (unpaired) electrons. The number of hydrogen-bond donors (Lipinski definition) is 1. The van der Waals surface area contributed by atoms with Crippen molar-refractivity contribution in [1.29, 1.82) is 0 Å². The molecule has 0 aliphatic heterocycles. The molecule has 0 atom stereocenters. The molecule has 6 heteroatoms. The first-order valence-corrected chi connectivity index (χ1v) is 8.66. The van der Waals surface area contributed by atoms with Gasteiger partial charge in [-0.05, 0) is 35.7 Å². The number of aromatic nitrogens is 5. The van der Waals surface area contributed by atoms with Crippen molar-refractivity contribution in [1.82, 2.24) is 24.6 Å². The summed E-state index contributed by atoms with van der Waals surface area (Å²) in [5, 5.41) is 10.7. The largest absolute Gasteiger partial charge is 0.341 e. The van der Waals surface area contributed by atoms with Crippen molar-refractivity contribution in [2.75, 3.05) is 0 Å². The number of hydrogen-bond acceptors (Lipinski definition) is 4. The summed E-state index contributed by atoms with van der Waals surface area (Å²) in [6.07, 6.45) is 0. The molecule has 0 spiro atoms. The monoisotopic (exact) mass is 331 g/mol. The van der Waals surface area contributed by atoms with Gasteiger partial charge in [0.25, 0.3) is 0 Å². The number of rotatable bonds is 3. The van der Waals surface area contributed by atoms with Gasteiger partial charge >= 0.3 is 0 Å². The normalized spacial score (nSPS) is 11.7. The van der Waals surface area contributed by atoms with Gasteiger partial charge in [-0.2, -0.15) is 0 Å². The molecular formula is C18H13N5S. The number of pyridine rings is 1. The van der Waals surface area contributed by atoms with Crippen LogP contribution in [0.3, 0.4) is 0 Å². The van der Waals surface area contributed by atoms with E-state index >= 15 is 0 Å². The smallest absolute Gasteiger partial charge is 0.196 e. The average molecular weight is 331 g/mol. The van der Waals surface area contributed by atoms with E-state index in [4.69, 9.17) is 0 Å². The third-order valence-electron chi connectivity index (χ3n) is 4.02. The fraction of sp³-hybridized carbons (Fsp3) is 0.0556. The summed E-state index contributed by atoms with van der Waals surface area (Å²) in [5.74, 6) is 1.66. The van der Waals surface area contributed by atoms with Crippen molar-refractivity contribution in [3.8, 4) is 0 Å². The third-order valence-corrected chi connectivity index (χ3v) is 4.96. The lowest BCUT2D eigenvalue weighted by molar-refractivity contribution is 0.937. The summed E-state index contributed by atoms with van der Waals surface area (Å²) < 4.78 is 2.10. The molecule has 0 saturated carbocycles. The Morgan fingerprint density at radius 1 is 0.917 bits per heavy atom. The first kappa shape index (κ1) is 13.6. The topological polar surface area (TPSA) is 58.9 Å². The predicted octanol–water partition coefficient (Wildman–Crippen LogP) is 4.05. The molecule has 0 unspecified atom stereocenters. The number of fused-ring (bicyclic) bond motifs is 4. The maximum Gasteiger partial charge on any atom is 0.196 e. The number of nitrogens with zero attached hydrogens (tertiary/aromatic N) is 4. The fourth-order valence-electron chi connectivity index (χ4n) is 2.91. The Hall–Kier alpha value is -2.86. The van der Waals surface area contributed by atoms with E-state index in [9.17, 15) is 0 Å². The van der Waals surface area contributed by atoms with Crippen LogP contribution in [0.25, 0.3) is 27.6 Å². The van der Waals surface area contributed by atoms with Crippen LogP contribution in [0.1, 0.15) is 5.82 Å². The van der Waals surface area contributed by atoms with E-state index in [0.717, 1.165) is 38.9 Å². The number of nitrogens with one attached hydrogen (secondary N) is 1. The van der Waals surface area contributed by atoms with Crippen LogP contribution in [0.2, 0.25) is 0 Å². The average Bonchev–Trinajstić information content (AvgIpc) is 3.23. The summed E-state index contributed by atoms with van der Waals surface area (Å²) in [6.45, 7) is 0. The van der Waals surface area contributed by atoms with Crippen LogP contribution in [-0.4, -0.2) is 24.6 Å². The molecule has 2 aromatic carbocycles. The van der Waals surface area contributed by atoms with Crippen molar-refractivity contribution in [2.24, 2.45) is 0 Å². The van der Waals surface area contributed by atoms with Gasteiger partial charge in [0, 0.05) is 0 Å². The van der Waals surface area contributed by atoms with Gasteiger partial charge in [0.05, 0.1) is 22.3 Å². The SMILES string of the molecule is c1ccc2c(c1)ccc1nnc(SCc3nc4ccccc4[nH]3)n12. The van der Waals surface area contributed by atoms with E-state index in [1.54, 1.807) is 11.8 Å². The Balaban J connectivity index is 1.53. The Morgan fingerprint density at radius 2 is 1.79 bits per heavy atom. The number of benzene rings is 2. The van der Waals surface area contributed by atoms with Crippen molar-refractivity contribution >= 4 is 39.3 Å². The molecule has 0 amide bonds. The highest BCUT2D eigenvalue weighted by Crippen LogP contribution is 2.25. The van der Waals surface area contributed by atoms with Crippen molar-refractivity contribution in [2.45, 2.75) is 10.9 Å². The zero-order valence-electron chi connectivity index (χ0n) is 12.7. The molecule has 0 fully saturated rings. The minimum atomic E-state index is 0.721. The van der Waals surface area contributed by atoms with Gasteiger partial charge in [-0.15, -0.1) is 10.2 Å². The molecule has 5 nitrogen and oxygen atoms in total. The van der Waals surface area contributed by atoms with Gasteiger partial charge in [0.15, 0.2) is 10.8 Å². The molecule has 5 rings (SSSR count). The van der Waals surface area contributed by atoms with E-state index in [-0.39, 0.29) is 0 Å². The predicted molar refractivity (Wildman–Crippen MR) is 96.1 cm³/mol. The molecule has 24 heavy (non-hydrogen) atoms. The molecule has 0 aliphatic rings. The van der Waals surface area contributed by atoms with Crippen LogP contribution >= 0.6 is 11.8 Å². The fourth-order valence-corrected chi connectivity index (χ4v) is 3.73. The lowest BCUT2D eigenvalue weighted by Gasteiger charge is -2.03. The van der Waals surface area contributed by atoms with E-state index < -0.39 is 0 Å². The Kier molecular flexibility index (Phi) is 3.02. The lowest BCUT2D eigenvalue weighted by atomic mass is 10.2. The van der Waals surface area contributed by atoms with Gasteiger partial charge in [-0.1, -0.05) is 42.1 Å². The van der Waals surface area contributed by atoms with Gasteiger partial charge in [0.2, 0.25) is 0 Å². The van der Waals surface area contributed by atoms with E-state index in [0.29, 0.717) is 0 Å². The number of para-hydroxylation sites is 3. The van der Waals surface area contributed by atoms with E-state index in [1.165, 1.54) is 5.39 Å². The van der Waals surface area contributed by atoms with Crippen molar-refractivity contribution < 1.29 is 0 Å². The number of imidazole rings is 1. The number of H-pyrrole nitrogens is 1. The number of aromatic amines is 1. The van der Waals surface area contributed by atoms with Crippen molar-refractivity contribution in [3.05, 3.63) is 66.5 Å². The second kappa shape index (κ2) is 5.35. The second-order valence-electron chi connectivity index (χ2n) is 5.56. The quantitative estimate of drug-likeness (QED) is 0.507. The van der Waals surface area contributed by atoms with E-state index in [1.807, 2.05) is 42.5 Å². The first-order valence-electron chi connectivity index (χ1n) is 7.68. The molecule has 1 N–H and O–H groups in total. The summed E-state index contributed by atoms with van der Waals surface area (Å²) in [4.78, 5) is 7.97. The molecule has 0 bridgehead atoms. The van der Waals surface area contributed by atoms with Crippen LogP contribution in [0.5, 0.6) is 0 Å². The Bertz CT molecular complexity index is 1140. The number of thioether (sulfide) groups is 1. The van der Waals surface area contributed by atoms with Crippen LogP contribution in [-0.2, 0) is 5.75 Å². The zero-order valence-corrected chi connectivity index (χ0v) is 13.5. The highest BCUT2D eigenvalue weighted by molar-refractivity contribution is 7.98. The van der Waals surface area contributed by atoms with Crippen LogP contribution < -0.4 is 0 Å². The summed E-state index contributed by atoms with van der Waals surface area (Å²) in [5.41, 5.74) is 4.03. The van der Waals surface area contributed by atoms with Gasteiger partial charge < -0.3 is 4.98 Å². The molecule has 0 saturated heterocycles. The molecule has 3 aromatic heterocycles. The standard InChI is InChI=1S/C18H13N5S/c1-4-8-15-12(5-1)9-10-17-21-22-18(23(15)17)24-11-16-19-13-6-2-3-7-14(13)20-16/h1-10H,11H2,(H,19,20). The van der Waals surface area contributed by atoms with Gasteiger partial charge in [-0.25, -0.2) is 4.98 Å². The summed E-state index contributed by atoms with van der Waals surface area (Å²) in [6, 6.07) is 20.4. The molecular weight excluding hydrogens is 318 g/mol. The van der Waals surface area contributed by atoms with Crippen LogP contribution in [0, 0.1) is 0 Å². The second-order valence-corrected chi connectivity index (χ2v) is 6.50. The summed E-state index contributed by atoms with van der Waals surface area (Å²) in [7, 11) is 0. The first-order chi connectivity index (χ1) is 11.9. The van der Waals surface area contributed by atoms with Gasteiger partial charge in [0.1, 0.15) is 5.82 Å². The maximum atomic E-state index is 4.62. The van der Waals surface area contributed by atoms with Gasteiger partial charge in [-0.3, -0.25) is 4.40 Å². The molecule has 116 valence electrons. The zero-order chi connectivity index (χ0) is 15.9. The third kappa shape index (κ3) is 2.15. The summed E-state index contributed by atoms with van der Waals surface area (Å²) >= 11 is 1.64. The highest BCUT2D eigenvalue weighted by Gasteiger charge is 2.11. The van der Waals surface area contributed by atoms with Crippen molar-refractivity contribution in [3.63, 3.8) is 0 Å². The van der Waals surface area contributed by atoms with Crippen LogP contribution in [0.4, 0.5) is 0 Å². The lowest BCUT2D eigenvalue weighted by Crippen LogP contribution is -1.92. The Morgan fingerprint density at radius 3 is 2.75 bits per heavy atom. The van der Waals surface area contributed by atoms with Crippen LogP contribution in [0.15, 0.2) is 65.8 Å².